The van der Waals surface area contributed by atoms with Crippen molar-refractivity contribution in [3.8, 4) is 0 Å². The molecule has 1 aromatic heterocycles. The first-order valence-corrected chi connectivity index (χ1v) is 9.79. The van der Waals surface area contributed by atoms with Crippen LogP contribution in [-0.2, 0) is 19.1 Å². The van der Waals surface area contributed by atoms with Gasteiger partial charge in [-0.3, -0.25) is 9.59 Å². The third-order valence-electron chi connectivity index (χ3n) is 4.33. The molecule has 1 aromatic carbocycles. The summed E-state index contributed by atoms with van der Waals surface area (Å²) in [7, 11) is 2.38. The molecular formula is C20H19N3O6S. The average molecular weight is 429 g/mol. The van der Waals surface area contributed by atoms with Crippen LogP contribution in [-0.4, -0.2) is 53.2 Å². The average Bonchev–Trinajstić information content (AvgIpc) is 2.98. The van der Waals surface area contributed by atoms with Crippen LogP contribution in [0.4, 0.5) is 5.69 Å². The van der Waals surface area contributed by atoms with Gasteiger partial charge in [0.15, 0.2) is 5.16 Å². The molecule has 0 radical (unpaired) electrons. The topological polar surface area (TPSA) is 116 Å². The maximum atomic E-state index is 13.0. The highest BCUT2D eigenvalue weighted by Crippen LogP contribution is 2.33. The molecule has 1 aliphatic rings. The van der Waals surface area contributed by atoms with E-state index in [0.717, 1.165) is 28.0 Å². The number of anilines is 1. The lowest BCUT2D eigenvalue weighted by atomic mass is 10.1. The Morgan fingerprint density at radius 3 is 2.00 bits per heavy atom. The highest BCUT2D eigenvalue weighted by Gasteiger charge is 2.41. The van der Waals surface area contributed by atoms with E-state index in [0.29, 0.717) is 5.16 Å². The van der Waals surface area contributed by atoms with Crippen molar-refractivity contribution in [1.29, 1.82) is 0 Å². The van der Waals surface area contributed by atoms with Crippen LogP contribution in [0.2, 0.25) is 0 Å². The molecule has 3 rings (SSSR count). The second-order valence-electron chi connectivity index (χ2n) is 6.56. The molecule has 10 heteroatoms. The van der Waals surface area contributed by atoms with E-state index < -0.39 is 29.0 Å². The molecule has 1 aliphatic heterocycles. The zero-order valence-electron chi connectivity index (χ0n) is 16.8. The number of hydrogen-bond acceptors (Lipinski definition) is 9. The van der Waals surface area contributed by atoms with E-state index in [2.05, 4.69) is 9.97 Å². The number of benzene rings is 1. The fraction of sp³-hybridized carbons (Fsp3) is 0.300. The van der Waals surface area contributed by atoms with Crippen LogP contribution in [0.3, 0.4) is 0 Å². The van der Waals surface area contributed by atoms with Crippen LogP contribution in [0.25, 0.3) is 0 Å². The normalized spacial score (nSPS) is 16.0. The van der Waals surface area contributed by atoms with Crippen molar-refractivity contribution < 1.29 is 28.7 Å². The molecular weight excluding hydrogens is 410 g/mol. The number of carbonyl (C=O) groups excluding carboxylic acids is 4. The molecule has 0 unspecified atom stereocenters. The van der Waals surface area contributed by atoms with Gasteiger partial charge in [0.2, 0.25) is 11.8 Å². The summed E-state index contributed by atoms with van der Waals surface area (Å²) in [5.74, 6) is -2.36. The van der Waals surface area contributed by atoms with Gasteiger partial charge in [0.1, 0.15) is 5.25 Å². The smallest absolute Gasteiger partial charge is 0.337 e. The van der Waals surface area contributed by atoms with Gasteiger partial charge in [-0.25, -0.2) is 24.5 Å². The van der Waals surface area contributed by atoms with Gasteiger partial charge in [0.05, 0.1) is 31.0 Å². The molecule has 2 amide bonds. The van der Waals surface area contributed by atoms with Gasteiger partial charge in [0, 0.05) is 17.8 Å². The molecule has 0 aliphatic carbocycles. The number of nitrogens with zero attached hydrogens (tertiary/aromatic N) is 3. The van der Waals surface area contributed by atoms with Crippen LogP contribution < -0.4 is 4.90 Å². The summed E-state index contributed by atoms with van der Waals surface area (Å²) in [5, 5.41) is -0.318. The van der Waals surface area contributed by atoms with E-state index >= 15 is 0 Å². The Hall–Kier alpha value is -3.27. The van der Waals surface area contributed by atoms with Crippen LogP contribution in [0, 0.1) is 13.8 Å². The standard InChI is InChI=1S/C20H19N3O6S/c1-10-5-11(2)22-20(21-10)30-15-9-16(24)23(17(15)25)14-7-12(18(26)28-3)6-13(8-14)19(27)29-4/h5-8,15H,9H2,1-4H3/t15-/m0/s1. The van der Waals surface area contributed by atoms with Crippen LogP contribution in [0.1, 0.15) is 38.5 Å². The van der Waals surface area contributed by atoms with Crippen molar-refractivity contribution in [3.05, 3.63) is 46.8 Å². The highest BCUT2D eigenvalue weighted by molar-refractivity contribution is 8.00. The Morgan fingerprint density at radius 2 is 1.50 bits per heavy atom. The number of ether oxygens (including phenoxy) is 2. The zero-order valence-corrected chi connectivity index (χ0v) is 17.6. The molecule has 0 N–H and O–H groups in total. The van der Waals surface area contributed by atoms with E-state index in [4.69, 9.17) is 9.47 Å². The van der Waals surface area contributed by atoms with E-state index in [9.17, 15) is 19.2 Å². The molecule has 1 atom stereocenters. The molecule has 2 heterocycles. The maximum absolute atomic E-state index is 13.0. The van der Waals surface area contributed by atoms with Crippen LogP contribution in [0.15, 0.2) is 29.4 Å². The Labute approximate surface area is 176 Å². The summed E-state index contributed by atoms with van der Waals surface area (Å²) in [6.07, 6.45) is -0.0597. The summed E-state index contributed by atoms with van der Waals surface area (Å²) in [6.45, 7) is 3.64. The number of hydrogen-bond donors (Lipinski definition) is 0. The summed E-state index contributed by atoms with van der Waals surface area (Å²) in [6, 6.07) is 5.75. The second-order valence-corrected chi connectivity index (χ2v) is 7.73. The Balaban J connectivity index is 1.95. The van der Waals surface area contributed by atoms with Crippen molar-refractivity contribution in [1.82, 2.24) is 9.97 Å². The molecule has 30 heavy (non-hydrogen) atoms. The number of methoxy groups -OCH3 is 2. The van der Waals surface area contributed by atoms with Gasteiger partial charge in [-0.2, -0.15) is 0 Å². The minimum Gasteiger partial charge on any atom is -0.465 e. The summed E-state index contributed by atoms with van der Waals surface area (Å²) < 4.78 is 9.40. The lowest BCUT2D eigenvalue weighted by Gasteiger charge is -2.17. The quantitative estimate of drug-likeness (QED) is 0.400. The number of thioether (sulfide) groups is 1. The van der Waals surface area contributed by atoms with Crippen molar-refractivity contribution in [3.63, 3.8) is 0 Å². The Kier molecular flexibility index (Phi) is 6.16. The summed E-state index contributed by atoms with van der Waals surface area (Å²) >= 11 is 1.10. The number of rotatable bonds is 5. The molecule has 1 fully saturated rings. The minimum atomic E-state index is -0.720. The lowest BCUT2D eigenvalue weighted by Crippen LogP contribution is -2.31. The Bertz CT molecular complexity index is 1000. The third kappa shape index (κ3) is 4.33. The zero-order chi connectivity index (χ0) is 22.0. The third-order valence-corrected chi connectivity index (χ3v) is 5.38. The van der Waals surface area contributed by atoms with Crippen molar-refractivity contribution in [2.75, 3.05) is 19.1 Å². The number of carbonyl (C=O) groups is 4. The lowest BCUT2D eigenvalue weighted by molar-refractivity contribution is -0.121. The SMILES string of the molecule is COC(=O)c1cc(C(=O)OC)cc(N2C(=O)C[C@H](Sc3nc(C)cc(C)n3)C2=O)c1. The van der Waals surface area contributed by atoms with E-state index in [1.807, 2.05) is 19.9 Å². The minimum absolute atomic E-state index is 0.0183. The predicted molar refractivity (Wildman–Crippen MR) is 107 cm³/mol. The fourth-order valence-electron chi connectivity index (χ4n) is 3.05. The number of aryl methyl sites for hydroxylation is 2. The van der Waals surface area contributed by atoms with Crippen molar-refractivity contribution in [2.45, 2.75) is 30.7 Å². The predicted octanol–water partition coefficient (Wildman–Crippen LogP) is 2.09. The van der Waals surface area contributed by atoms with Crippen molar-refractivity contribution >= 4 is 41.2 Å². The second kappa shape index (κ2) is 8.62. The number of aromatic nitrogens is 2. The van der Waals surface area contributed by atoms with Crippen LogP contribution in [0.5, 0.6) is 0 Å². The van der Waals surface area contributed by atoms with E-state index in [1.165, 1.54) is 32.4 Å². The molecule has 0 saturated carbocycles. The fourth-order valence-corrected chi connectivity index (χ4v) is 4.13. The van der Waals surface area contributed by atoms with Gasteiger partial charge in [0.25, 0.3) is 0 Å². The first-order valence-electron chi connectivity index (χ1n) is 8.91. The summed E-state index contributed by atoms with van der Waals surface area (Å²) in [4.78, 5) is 59.2. The molecule has 0 spiro atoms. The van der Waals surface area contributed by atoms with Gasteiger partial charge in [-0.15, -0.1) is 0 Å². The van der Waals surface area contributed by atoms with Gasteiger partial charge >= 0.3 is 11.9 Å². The highest BCUT2D eigenvalue weighted by atomic mass is 32.2. The maximum Gasteiger partial charge on any atom is 0.337 e. The first kappa shape index (κ1) is 21.4. The number of esters is 2. The molecule has 1 saturated heterocycles. The monoisotopic (exact) mass is 429 g/mol. The number of amides is 2. The largest absolute Gasteiger partial charge is 0.465 e. The first-order chi connectivity index (χ1) is 14.2. The van der Waals surface area contributed by atoms with E-state index in [1.54, 1.807) is 0 Å². The van der Waals surface area contributed by atoms with Crippen LogP contribution >= 0.6 is 11.8 Å². The van der Waals surface area contributed by atoms with Crippen molar-refractivity contribution in [2.24, 2.45) is 0 Å². The molecule has 9 nitrogen and oxygen atoms in total. The molecule has 0 bridgehead atoms. The Morgan fingerprint density at radius 1 is 0.967 bits per heavy atom. The van der Waals surface area contributed by atoms with E-state index in [-0.39, 0.29) is 23.2 Å². The molecule has 2 aromatic rings. The molecule has 156 valence electrons. The van der Waals surface area contributed by atoms with Gasteiger partial charge < -0.3 is 9.47 Å². The number of imide groups is 1. The van der Waals surface area contributed by atoms with Gasteiger partial charge in [-0.05, 0) is 38.1 Å². The van der Waals surface area contributed by atoms with Gasteiger partial charge in [-0.1, -0.05) is 11.8 Å². The summed E-state index contributed by atoms with van der Waals surface area (Å²) in [5.41, 5.74) is 1.64.